The van der Waals surface area contributed by atoms with E-state index in [2.05, 4.69) is 6.58 Å². The molecule has 5 heteroatoms. The fourth-order valence-electron chi connectivity index (χ4n) is 1.63. The van der Waals surface area contributed by atoms with E-state index in [-0.39, 0.29) is 12.3 Å². The molecule has 0 bridgehead atoms. The van der Waals surface area contributed by atoms with E-state index in [1.54, 1.807) is 30.0 Å². The van der Waals surface area contributed by atoms with E-state index in [0.29, 0.717) is 23.7 Å². The van der Waals surface area contributed by atoms with E-state index in [0.717, 1.165) is 5.56 Å². The van der Waals surface area contributed by atoms with Crippen LogP contribution in [0.2, 0.25) is 5.02 Å². The van der Waals surface area contributed by atoms with Gasteiger partial charge < -0.3 is 10.2 Å². The zero-order chi connectivity index (χ0) is 13.7. The summed E-state index contributed by atoms with van der Waals surface area (Å²) in [4.78, 5) is 12.4. The summed E-state index contributed by atoms with van der Waals surface area (Å²) in [6, 6.07) is 3.23. The van der Waals surface area contributed by atoms with Crippen molar-refractivity contribution in [2.24, 2.45) is 0 Å². The number of rotatable bonds is 6. The van der Waals surface area contributed by atoms with E-state index in [9.17, 15) is 9.90 Å². The number of halogens is 1. The first-order chi connectivity index (χ1) is 8.43. The summed E-state index contributed by atoms with van der Waals surface area (Å²) in [5.74, 6) is -0.800. The van der Waals surface area contributed by atoms with Crippen LogP contribution in [0.3, 0.4) is 0 Å². The third-order valence-corrected chi connectivity index (χ3v) is 2.91. The highest BCUT2D eigenvalue weighted by atomic mass is 35.5. The lowest BCUT2D eigenvalue weighted by atomic mass is 10.1. The first-order valence-corrected chi connectivity index (χ1v) is 5.85. The van der Waals surface area contributed by atoms with Crippen LogP contribution in [0.1, 0.15) is 11.1 Å². The zero-order valence-electron chi connectivity index (χ0n) is 10.2. The maximum absolute atomic E-state index is 10.7. The summed E-state index contributed by atoms with van der Waals surface area (Å²) in [7, 11) is 0. The molecule has 1 rings (SSSR count). The number of nitrogens with zero attached hydrogens (tertiary/aromatic N) is 1. The van der Waals surface area contributed by atoms with Gasteiger partial charge in [-0.2, -0.15) is 0 Å². The van der Waals surface area contributed by atoms with Crippen LogP contribution in [0, 0.1) is 6.92 Å². The Morgan fingerprint density at radius 1 is 1.56 bits per heavy atom. The van der Waals surface area contributed by atoms with E-state index in [1.165, 1.54) is 0 Å². The Labute approximate surface area is 111 Å². The SMILES string of the molecule is C=CCN(CC(=O)O)Cc1cc(Cl)c(C)cc1O. The van der Waals surface area contributed by atoms with Crippen LogP contribution < -0.4 is 0 Å². The molecule has 0 atom stereocenters. The van der Waals surface area contributed by atoms with Crippen molar-refractivity contribution in [1.29, 1.82) is 0 Å². The average Bonchev–Trinajstić information content (AvgIpc) is 2.25. The molecule has 0 aliphatic heterocycles. The Kier molecular flexibility index (Phi) is 5.19. The molecule has 0 aromatic heterocycles. The second-order valence-corrected chi connectivity index (χ2v) is 4.49. The molecular weight excluding hydrogens is 254 g/mol. The lowest BCUT2D eigenvalue weighted by Crippen LogP contribution is -2.29. The standard InChI is InChI=1S/C13H16ClNO3/c1-3-4-15(8-13(17)18)7-10-6-11(14)9(2)5-12(10)16/h3,5-6,16H,1,4,7-8H2,2H3,(H,17,18). The molecule has 0 amide bonds. The maximum atomic E-state index is 10.7. The number of aromatic hydroxyl groups is 1. The first-order valence-electron chi connectivity index (χ1n) is 5.47. The molecule has 1 aromatic carbocycles. The van der Waals surface area contributed by atoms with Crippen LogP contribution in [0.4, 0.5) is 0 Å². The number of aliphatic carboxylic acids is 1. The number of hydrogen-bond donors (Lipinski definition) is 2. The fourth-order valence-corrected chi connectivity index (χ4v) is 1.82. The lowest BCUT2D eigenvalue weighted by molar-refractivity contribution is -0.138. The highest BCUT2D eigenvalue weighted by Crippen LogP contribution is 2.26. The normalized spacial score (nSPS) is 10.6. The predicted octanol–water partition coefficient (Wildman–Crippen LogP) is 2.43. The van der Waals surface area contributed by atoms with Crippen molar-refractivity contribution >= 4 is 17.6 Å². The summed E-state index contributed by atoms with van der Waals surface area (Å²) in [6.45, 7) is 6.00. The van der Waals surface area contributed by atoms with Crippen molar-refractivity contribution in [3.05, 3.63) is 40.9 Å². The topological polar surface area (TPSA) is 60.8 Å². The summed E-state index contributed by atoms with van der Waals surface area (Å²) in [5.41, 5.74) is 1.39. The van der Waals surface area contributed by atoms with Crippen LogP contribution in [0.5, 0.6) is 5.75 Å². The van der Waals surface area contributed by atoms with Gasteiger partial charge in [0.1, 0.15) is 5.75 Å². The Balaban J connectivity index is 2.89. The summed E-state index contributed by atoms with van der Waals surface area (Å²) < 4.78 is 0. The van der Waals surface area contributed by atoms with E-state index in [1.807, 2.05) is 0 Å². The molecule has 0 fully saturated rings. The van der Waals surface area contributed by atoms with Crippen LogP contribution in [0.15, 0.2) is 24.8 Å². The molecule has 1 aromatic rings. The second kappa shape index (κ2) is 6.42. The molecule has 2 N–H and O–H groups in total. The largest absolute Gasteiger partial charge is 0.508 e. The van der Waals surface area contributed by atoms with Crippen molar-refractivity contribution in [1.82, 2.24) is 4.90 Å². The monoisotopic (exact) mass is 269 g/mol. The molecule has 0 aliphatic rings. The van der Waals surface area contributed by atoms with Crippen molar-refractivity contribution in [3.63, 3.8) is 0 Å². The molecule has 0 radical (unpaired) electrons. The Morgan fingerprint density at radius 2 is 2.22 bits per heavy atom. The van der Waals surface area contributed by atoms with E-state index in [4.69, 9.17) is 16.7 Å². The Morgan fingerprint density at radius 3 is 2.78 bits per heavy atom. The van der Waals surface area contributed by atoms with Gasteiger partial charge in [0.2, 0.25) is 0 Å². The number of carbonyl (C=O) groups is 1. The van der Waals surface area contributed by atoms with Gasteiger partial charge in [0.05, 0.1) is 6.54 Å². The number of benzene rings is 1. The lowest BCUT2D eigenvalue weighted by Gasteiger charge is -2.19. The van der Waals surface area contributed by atoms with Crippen LogP contribution >= 0.6 is 11.6 Å². The number of phenolic OH excluding ortho intramolecular Hbond substituents is 1. The number of phenols is 1. The predicted molar refractivity (Wildman–Crippen MR) is 71.0 cm³/mol. The third kappa shape index (κ3) is 4.05. The molecule has 0 saturated carbocycles. The minimum absolute atomic E-state index is 0.114. The van der Waals surface area contributed by atoms with Gasteiger partial charge in [-0.1, -0.05) is 17.7 Å². The first kappa shape index (κ1) is 14.5. The molecule has 0 heterocycles. The number of carboxylic acids is 1. The highest BCUT2D eigenvalue weighted by molar-refractivity contribution is 6.31. The van der Waals surface area contributed by atoms with Crippen molar-refractivity contribution in [2.75, 3.05) is 13.1 Å². The minimum Gasteiger partial charge on any atom is -0.508 e. The number of aryl methyl sites for hydroxylation is 1. The molecule has 0 aliphatic carbocycles. The molecule has 0 spiro atoms. The number of carboxylic acid groups (broad SMARTS) is 1. The smallest absolute Gasteiger partial charge is 0.317 e. The average molecular weight is 270 g/mol. The molecule has 4 nitrogen and oxygen atoms in total. The quantitative estimate of drug-likeness (QED) is 0.779. The van der Waals surface area contributed by atoms with Crippen molar-refractivity contribution in [2.45, 2.75) is 13.5 Å². The summed E-state index contributed by atoms with van der Waals surface area (Å²) in [6.07, 6.45) is 1.62. The Bertz CT molecular complexity index is 460. The fraction of sp³-hybridized carbons (Fsp3) is 0.308. The van der Waals surface area contributed by atoms with Gasteiger partial charge in [-0.15, -0.1) is 6.58 Å². The highest BCUT2D eigenvalue weighted by Gasteiger charge is 2.12. The molecule has 0 saturated heterocycles. The van der Waals surface area contributed by atoms with Crippen molar-refractivity contribution in [3.8, 4) is 5.75 Å². The zero-order valence-corrected chi connectivity index (χ0v) is 10.9. The maximum Gasteiger partial charge on any atom is 0.317 e. The van der Waals surface area contributed by atoms with E-state index < -0.39 is 5.97 Å². The second-order valence-electron chi connectivity index (χ2n) is 4.08. The van der Waals surface area contributed by atoms with E-state index >= 15 is 0 Å². The van der Waals surface area contributed by atoms with Gasteiger partial charge in [0, 0.05) is 23.7 Å². The minimum atomic E-state index is -0.922. The third-order valence-electron chi connectivity index (χ3n) is 2.50. The van der Waals surface area contributed by atoms with Gasteiger partial charge >= 0.3 is 5.97 Å². The Hall–Kier alpha value is -1.52. The van der Waals surface area contributed by atoms with Crippen molar-refractivity contribution < 1.29 is 15.0 Å². The van der Waals surface area contributed by atoms with Crippen LogP contribution in [-0.4, -0.2) is 34.2 Å². The summed E-state index contributed by atoms with van der Waals surface area (Å²) in [5, 5.41) is 19.2. The summed E-state index contributed by atoms with van der Waals surface area (Å²) >= 11 is 5.99. The molecular formula is C13H16ClNO3. The molecule has 18 heavy (non-hydrogen) atoms. The van der Waals surface area contributed by atoms with Crippen LogP contribution in [-0.2, 0) is 11.3 Å². The van der Waals surface area contributed by atoms with Gasteiger partial charge in [0.25, 0.3) is 0 Å². The van der Waals surface area contributed by atoms with Gasteiger partial charge in [-0.3, -0.25) is 9.69 Å². The van der Waals surface area contributed by atoms with Gasteiger partial charge in [-0.05, 0) is 24.6 Å². The number of hydrogen-bond acceptors (Lipinski definition) is 3. The van der Waals surface area contributed by atoms with Gasteiger partial charge in [-0.25, -0.2) is 0 Å². The van der Waals surface area contributed by atoms with Gasteiger partial charge in [0.15, 0.2) is 0 Å². The molecule has 98 valence electrons. The molecule has 0 unspecified atom stereocenters. The van der Waals surface area contributed by atoms with Crippen LogP contribution in [0.25, 0.3) is 0 Å².